The van der Waals surface area contributed by atoms with Gasteiger partial charge in [0.05, 0.1) is 17.9 Å². The first kappa shape index (κ1) is 16.1. The number of pyridine rings is 1. The number of ether oxygens (including phenoxy) is 1. The van der Waals surface area contributed by atoms with Gasteiger partial charge in [-0.05, 0) is 23.8 Å². The van der Waals surface area contributed by atoms with E-state index < -0.39 is 11.8 Å². The van der Waals surface area contributed by atoms with Crippen molar-refractivity contribution in [2.45, 2.75) is 12.8 Å². The van der Waals surface area contributed by atoms with Crippen LogP contribution in [0.5, 0.6) is 0 Å². The average molecular weight is 322 g/mol. The first-order chi connectivity index (χ1) is 10.5. The van der Waals surface area contributed by atoms with E-state index in [0.29, 0.717) is 10.7 Å². The summed E-state index contributed by atoms with van der Waals surface area (Å²) < 4.78 is 18.2. The molecule has 0 atom stereocenters. The predicted octanol–water partition coefficient (Wildman–Crippen LogP) is 2.77. The molecule has 0 aliphatic carbocycles. The highest BCUT2D eigenvalue weighted by atomic mass is 35.5. The van der Waals surface area contributed by atoms with Gasteiger partial charge in [-0.25, -0.2) is 4.39 Å². The van der Waals surface area contributed by atoms with Crippen LogP contribution in [0, 0.1) is 5.82 Å². The van der Waals surface area contributed by atoms with Gasteiger partial charge in [0.1, 0.15) is 12.4 Å². The molecule has 0 fully saturated rings. The largest absolute Gasteiger partial charge is 0.457 e. The van der Waals surface area contributed by atoms with Gasteiger partial charge >= 0.3 is 5.97 Å². The highest BCUT2D eigenvalue weighted by Gasteiger charge is 2.12. The fourth-order valence-corrected chi connectivity index (χ4v) is 1.89. The number of hydrogen-bond acceptors (Lipinski definition) is 4. The maximum Gasteiger partial charge on any atom is 0.310 e. The number of rotatable bonds is 6. The Morgan fingerprint density at radius 2 is 1.91 bits per heavy atom. The van der Waals surface area contributed by atoms with Crippen molar-refractivity contribution < 1.29 is 18.7 Å². The molecule has 0 aliphatic heterocycles. The van der Waals surface area contributed by atoms with E-state index in [1.165, 1.54) is 24.4 Å². The molecule has 2 aromatic rings. The quantitative estimate of drug-likeness (QED) is 0.768. The average Bonchev–Trinajstić information content (AvgIpc) is 2.50. The van der Waals surface area contributed by atoms with Crippen LogP contribution in [-0.2, 0) is 27.2 Å². The molecule has 1 aromatic carbocycles. The van der Waals surface area contributed by atoms with Crippen LogP contribution < -0.4 is 0 Å². The number of ketones is 1. The molecule has 0 saturated heterocycles. The molecule has 0 aliphatic rings. The Morgan fingerprint density at radius 1 is 1.14 bits per heavy atom. The predicted molar refractivity (Wildman–Crippen MR) is 79.0 cm³/mol. The summed E-state index contributed by atoms with van der Waals surface area (Å²) in [6, 6.07) is 9.18. The lowest BCUT2D eigenvalue weighted by Crippen LogP contribution is -2.17. The number of halogens is 2. The lowest BCUT2D eigenvalue weighted by Gasteiger charge is -2.05. The summed E-state index contributed by atoms with van der Waals surface area (Å²) in [5, 5.41) is 0.479. The van der Waals surface area contributed by atoms with E-state index in [-0.39, 0.29) is 30.8 Å². The van der Waals surface area contributed by atoms with Crippen LogP contribution in [0.3, 0.4) is 0 Å². The third-order valence-electron chi connectivity index (χ3n) is 2.85. The minimum Gasteiger partial charge on any atom is -0.457 e. The minimum atomic E-state index is -0.650. The zero-order valence-corrected chi connectivity index (χ0v) is 12.3. The molecule has 1 heterocycles. The van der Waals surface area contributed by atoms with Crippen molar-refractivity contribution in [1.29, 1.82) is 0 Å². The van der Waals surface area contributed by atoms with Crippen molar-refractivity contribution in [3.8, 4) is 0 Å². The topological polar surface area (TPSA) is 56.3 Å². The summed E-state index contributed by atoms with van der Waals surface area (Å²) in [5.74, 6) is -1.42. The Hall–Kier alpha value is -2.27. The fourth-order valence-electron chi connectivity index (χ4n) is 1.77. The van der Waals surface area contributed by atoms with Crippen LogP contribution in [0.15, 0.2) is 42.6 Å². The Balaban J connectivity index is 1.79. The second kappa shape index (κ2) is 7.66. The summed E-state index contributed by atoms with van der Waals surface area (Å²) >= 11 is 5.69. The van der Waals surface area contributed by atoms with Crippen molar-refractivity contribution in [2.75, 3.05) is 6.61 Å². The maximum atomic E-state index is 13.4. The van der Waals surface area contributed by atoms with Crippen molar-refractivity contribution in [3.63, 3.8) is 0 Å². The molecule has 0 N–H and O–H groups in total. The number of carbonyl (C=O) groups excluding carboxylic acids is 2. The first-order valence-corrected chi connectivity index (χ1v) is 6.93. The van der Waals surface area contributed by atoms with E-state index in [2.05, 4.69) is 4.98 Å². The van der Waals surface area contributed by atoms with E-state index in [1.807, 2.05) is 0 Å². The summed E-state index contributed by atoms with van der Waals surface area (Å²) in [6.45, 7) is -0.363. The van der Waals surface area contributed by atoms with Gasteiger partial charge in [0.15, 0.2) is 5.78 Å². The third-order valence-corrected chi connectivity index (χ3v) is 3.08. The molecule has 6 heteroatoms. The molecule has 4 nitrogen and oxygen atoms in total. The van der Waals surface area contributed by atoms with Crippen LogP contribution in [0.4, 0.5) is 4.39 Å². The van der Waals surface area contributed by atoms with Crippen LogP contribution in [0.1, 0.15) is 11.3 Å². The molecular weight excluding hydrogens is 309 g/mol. The lowest BCUT2D eigenvalue weighted by atomic mass is 10.1. The lowest BCUT2D eigenvalue weighted by molar-refractivity contribution is -0.147. The number of Topliss-reactive ketones (excluding diaryl/α,β-unsaturated/α-hetero) is 1. The van der Waals surface area contributed by atoms with E-state index in [1.54, 1.807) is 18.2 Å². The zero-order valence-electron chi connectivity index (χ0n) is 11.6. The van der Waals surface area contributed by atoms with Gasteiger partial charge in [0.2, 0.25) is 0 Å². The van der Waals surface area contributed by atoms with Crippen LogP contribution >= 0.6 is 11.6 Å². The minimum absolute atomic E-state index is 0.0458. The molecule has 1 aromatic heterocycles. The standard InChI is InChI=1S/C16H13ClFNO3/c17-12-5-6-13(19-9-12)8-14(20)10-22-16(21)7-11-3-1-2-4-15(11)18/h1-6,9H,7-8,10H2. The van der Waals surface area contributed by atoms with Gasteiger partial charge in [0, 0.05) is 11.9 Å². The Kier molecular flexibility index (Phi) is 5.61. The second-order valence-corrected chi connectivity index (χ2v) is 5.05. The molecule has 114 valence electrons. The maximum absolute atomic E-state index is 13.4. The smallest absolute Gasteiger partial charge is 0.310 e. The molecule has 0 saturated carbocycles. The normalized spacial score (nSPS) is 10.3. The number of aromatic nitrogens is 1. The van der Waals surface area contributed by atoms with E-state index >= 15 is 0 Å². The van der Waals surface area contributed by atoms with E-state index in [9.17, 15) is 14.0 Å². The van der Waals surface area contributed by atoms with Crippen LogP contribution in [-0.4, -0.2) is 23.3 Å². The molecular formula is C16H13ClFNO3. The molecule has 0 spiro atoms. The Morgan fingerprint density at radius 3 is 2.59 bits per heavy atom. The van der Waals surface area contributed by atoms with E-state index in [4.69, 9.17) is 16.3 Å². The first-order valence-electron chi connectivity index (χ1n) is 6.56. The van der Waals surface area contributed by atoms with Crippen LogP contribution in [0.25, 0.3) is 0 Å². The SMILES string of the molecule is O=C(COC(=O)Cc1ccccc1F)Cc1ccc(Cl)cn1. The van der Waals surface area contributed by atoms with Gasteiger partial charge in [0.25, 0.3) is 0 Å². The molecule has 0 amide bonds. The molecule has 0 unspecified atom stereocenters. The number of nitrogens with zero attached hydrogens (tertiary/aromatic N) is 1. The summed E-state index contributed by atoms with van der Waals surface area (Å²) in [4.78, 5) is 27.3. The van der Waals surface area contributed by atoms with Crippen molar-refractivity contribution >= 4 is 23.4 Å². The fraction of sp³-hybridized carbons (Fsp3) is 0.188. The van der Waals surface area contributed by atoms with E-state index in [0.717, 1.165) is 0 Å². The number of carbonyl (C=O) groups is 2. The van der Waals surface area contributed by atoms with Crippen molar-refractivity contribution in [1.82, 2.24) is 4.98 Å². The molecule has 0 radical (unpaired) electrons. The Bertz CT molecular complexity index is 673. The second-order valence-electron chi connectivity index (χ2n) is 4.61. The van der Waals surface area contributed by atoms with Gasteiger partial charge < -0.3 is 4.74 Å². The zero-order chi connectivity index (χ0) is 15.9. The van der Waals surface area contributed by atoms with Gasteiger partial charge in [-0.3, -0.25) is 14.6 Å². The monoisotopic (exact) mass is 321 g/mol. The third kappa shape index (κ3) is 4.93. The molecule has 22 heavy (non-hydrogen) atoms. The van der Waals surface area contributed by atoms with Crippen LogP contribution in [0.2, 0.25) is 5.02 Å². The van der Waals surface area contributed by atoms with Crippen molar-refractivity contribution in [3.05, 3.63) is 64.7 Å². The van der Waals surface area contributed by atoms with Gasteiger partial charge in [-0.1, -0.05) is 29.8 Å². The number of esters is 1. The Labute approximate surface area is 131 Å². The van der Waals surface area contributed by atoms with Gasteiger partial charge in [-0.2, -0.15) is 0 Å². The number of benzene rings is 1. The summed E-state index contributed by atoms with van der Waals surface area (Å²) in [5.41, 5.74) is 0.777. The van der Waals surface area contributed by atoms with Crippen molar-refractivity contribution in [2.24, 2.45) is 0 Å². The summed E-state index contributed by atoms with van der Waals surface area (Å²) in [6.07, 6.45) is 1.28. The highest BCUT2D eigenvalue weighted by Crippen LogP contribution is 2.09. The molecule has 2 rings (SSSR count). The van der Waals surface area contributed by atoms with Gasteiger partial charge in [-0.15, -0.1) is 0 Å². The highest BCUT2D eigenvalue weighted by molar-refractivity contribution is 6.30. The summed E-state index contributed by atoms with van der Waals surface area (Å²) in [7, 11) is 0. The number of hydrogen-bond donors (Lipinski definition) is 0. The molecule has 0 bridgehead atoms.